The van der Waals surface area contributed by atoms with Crippen LogP contribution in [0.4, 0.5) is 10.5 Å². The van der Waals surface area contributed by atoms with E-state index in [4.69, 9.17) is 0 Å². The summed E-state index contributed by atoms with van der Waals surface area (Å²) in [7, 11) is 0. The normalized spacial score (nSPS) is 14.1. The number of benzene rings is 2. The van der Waals surface area contributed by atoms with Crippen LogP contribution in [0, 0.1) is 18.8 Å². The molecule has 0 bridgehead atoms. The number of piperazine rings is 1. The van der Waals surface area contributed by atoms with Crippen LogP contribution in [0.3, 0.4) is 0 Å². The average Bonchev–Trinajstić information content (AvgIpc) is 3.18. The maximum atomic E-state index is 12.7. The second-order valence-corrected chi connectivity index (χ2v) is 8.31. The van der Waals surface area contributed by atoms with Crippen LogP contribution >= 0.6 is 11.3 Å². The highest BCUT2D eigenvalue weighted by Gasteiger charge is 2.21. The van der Waals surface area contributed by atoms with E-state index in [9.17, 15) is 4.79 Å². The van der Waals surface area contributed by atoms with E-state index in [0.717, 1.165) is 47.2 Å². The van der Waals surface area contributed by atoms with Crippen molar-refractivity contribution in [1.82, 2.24) is 14.8 Å². The maximum Gasteiger partial charge on any atom is 0.321 e. The van der Waals surface area contributed by atoms with Crippen molar-refractivity contribution in [3.63, 3.8) is 0 Å². The summed E-state index contributed by atoms with van der Waals surface area (Å²) in [5, 5.41) is 6.22. The Morgan fingerprint density at radius 3 is 2.50 bits per heavy atom. The Morgan fingerprint density at radius 1 is 1.03 bits per heavy atom. The lowest BCUT2D eigenvalue weighted by Crippen LogP contribution is -2.49. The fraction of sp³-hybridized carbons (Fsp3) is 0.250. The van der Waals surface area contributed by atoms with Crippen molar-refractivity contribution in [1.29, 1.82) is 0 Å². The molecule has 3 aromatic rings. The van der Waals surface area contributed by atoms with Crippen LogP contribution < -0.4 is 5.32 Å². The second-order valence-electron chi connectivity index (χ2n) is 7.25. The minimum atomic E-state index is -0.0627. The molecule has 0 radical (unpaired) electrons. The highest BCUT2D eigenvalue weighted by atomic mass is 32.1. The molecule has 0 unspecified atom stereocenters. The highest BCUT2D eigenvalue weighted by molar-refractivity contribution is 7.09. The predicted octanol–water partition coefficient (Wildman–Crippen LogP) is 4.20. The molecule has 1 fully saturated rings. The number of nitrogens with zero attached hydrogens (tertiary/aromatic N) is 3. The minimum Gasteiger partial charge on any atom is -0.322 e. The number of aromatic nitrogens is 1. The largest absolute Gasteiger partial charge is 0.322 e. The Morgan fingerprint density at radius 2 is 1.77 bits per heavy atom. The number of aryl methyl sites for hydroxylation is 1. The molecule has 1 aromatic heterocycles. The van der Waals surface area contributed by atoms with Crippen molar-refractivity contribution < 1.29 is 4.79 Å². The van der Waals surface area contributed by atoms with Gasteiger partial charge in [0.05, 0.1) is 10.7 Å². The van der Waals surface area contributed by atoms with Gasteiger partial charge in [-0.3, -0.25) is 4.90 Å². The molecule has 0 aliphatic carbocycles. The number of nitrogens with one attached hydrogen (secondary N) is 1. The first-order chi connectivity index (χ1) is 14.7. The van der Waals surface area contributed by atoms with Gasteiger partial charge in [0.15, 0.2) is 0 Å². The average molecular weight is 417 g/mol. The molecule has 5 nitrogen and oxygen atoms in total. The van der Waals surface area contributed by atoms with E-state index in [0.29, 0.717) is 13.1 Å². The predicted molar refractivity (Wildman–Crippen MR) is 122 cm³/mol. The monoisotopic (exact) mass is 416 g/mol. The first kappa shape index (κ1) is 20.1. The first-order valence-electron chi connectivity index (χ1n) is 10.0. The molecule has 2 aromatic carbocycles. The molecule has 6 heteroatoms. The van der Waals surface area contributed by atoms with E-state index in [1.165, 1.54) is 0 Å². The number of urea groups is 1. The molecule has 2 heterocycles. The van der Waals surface area contributed by atoms with Gasteiger partial charge in [-0.25, -0.2) is 9.78 Å². The SMILES string of the molecule is Cc1nc(CN2CCN(C(=O)Nc3cccc(C#Cc4ccccc4)c3)CC2)cs1. The van der Waals surface area contributed by atoms with Crippen molar-refractivity contribution in [2.45, 2.75) is 13.5 Å². The van der Waals surface area contributed by atoms with Crippen LogP contribution in [-0.2, 0) is 6.54 Å². The standard InChI is InChI=1S/C24H24N4OS/c1-19-25-23(18-30-19)17-27-12-14-28(15-13-27)24(29)26-22-9-5-8-21(16-22)11-10-20-6-3-2-4-7-20/h2-9,16,18H,12-15,17H2,1H3,(H,26,29). The van der Waals surface area contributed by atoms with Crippen LogP contribution in [0.1, 0.15) is 21.8 Å². The number of amides is 2. The van der Waals surface area contributed by atoms with Crippen molar-refractivity contribution >= 4 is 23.1 Å². The summed E-state index contributed by atoms with van der Waals surface area (Å²) in [5.41, 5.74) is 3.72. The summed E-state index contributed by atoms with van der Waals surface area (Å²) in [4.78, 5) is 21.4. The van der Waals surface area contributed by atoms with Crippen LogP contribution in [0.5, 0.6) is 0 Å². The maximum absolute atomic E-state index is 12.7. The van der Waals surface area contributed by atoms with Gasteiger partial charge in [0.25, 0.3) is 0 Å². The van der Waals surface area contributed by atoms with Gasteiger partial charge in [0.1, 0.15) is 0 Å². The van der Waals surface area contributed by atoms with E-state index >= 15 is 0 Å². The Hall–Kier alpha value is -3.14. The minimum absolute atomic E-state index is 0.0627. The molecular weight excluding hydrogens is 392 g/mol. The third-order valence-corrected chi connectivity index (χ3v) is 5.77. The topological polar surface area (TPSA) is 48.5 Å². The molecule has 2 amide bonds. The smallest absolute Gasteiger partial charge is 0.321 e. The lowest BCUT2D eigenvalue weighted by Gasteiger charge is -2.34. The molecular formula is C24H24N4OS. The molecule has 0 atom stereocenters. The van der Waals surface area contributed by atoms with E-state index in [1.54, 1.807) is 11.3 Å². The van der Waals surface area contributed by atoms with E-state index < -0.39 is 0 Å². The second kappa shape index (κ2) is 9.57. The fourth-order valence-corrected chi connectivity index (χ4v) is 3.97. The zero-order chi connectivity index (χ0) is 20.8. The Labute approximate surface area is 181 Å². The summed E-state index contributed by atoms with van der Waals surface area (Å²) >= 11 is 1.68. The molecule has 1 saturated heterocycles. The third-order valence-electron chi connectivity index (χ3n) is 4.95. The summed E-state index contributed by atoms with van der Waals surface area (Å²) in [6, 6.07) is 17.5. The Bertz CT molecular complexity index is 1060. The quantitative estimate of drug-likeness (QED) is 0.651. The first-order valence-corrected chi connectivity index (χ1v) is 10.9. The molecule has 1 aliphatic rings. The number of hydrogen-bond donors (Lipinski definition) is 1. The molecule has 30 heavy (non-hydrogen) atoms. The number of carbonyl (C=O) groups excluding carboxylic acids is 1. The lowest BCUT2D eigenvalue weighted by atomic mass is 10.1. The van der Waals surface area contributed by atoms with Crippen LogP contribution in [0.2, 0.25) is 0 Å². The van der Waals surface area contributed by atoms with E-state index in [1.807, 2.05) is 66.4 Å². The molecule has 0 saturated carbocycles. The number of rotatable bonds is 3. The number of carbonyl (C=O) groups is 1. The van der Waals surface area contributed by atoms with E-state index in [-0.39, 0.29) is 6.03 Å². The zero-order valence-corrected chi connectivity index (χ0v) is 17.8. The number of thiazole rings is 1. The van der Waals surface area contributed by atoms with Crippen molar-refractivity contribution in [3.8, 4) is 11.8 Å². The molecule has 1 aliphatic heterocycles. The van der Waals surface area contributed by atoms with Crippen molar-refractivity contribution in [3.05, 3.63) is 81.8 Å². The van der Waals surface area contributed by atoms with Gasteiger partial charge in [-0.1, -0.05) is 36.1 Å². The van der Waals surface area contributed by atoms with Gasteiger partial charge in [0.2, 0.25) is 0 Å². The molecule has 0 spiro atoms. The number of hydrogen-bond acceptors (Lipinski definition) is 4. The highest BCUT2D eigenvalue weighted by Crippen LogP contribution is 2.14. The fourth-order valence-electron chi connectivity index (χ4n) is 3.36. The third kappa shape index (κ3) is 5.47. The van der Waals surface area contributed by atoms with Gasteiger partial charge in [-0.2, -0.15) is 0 Å². The van der Waals surface area contributed by atoms with Crippen LogP contribution in [0.15, 0.2) is 60.0 Å². The van der Waals surface area contributed by atoms with Gasteiger partial charge >= 0.3 is 6.03 Å². The van der Waals surface area contributed by atoms with Gasteiger partial charge in [-0.05, 0) is 37.3 Å². The molecule has 1 N–H and O–H groups in total. The summed E-state index contributed by atoms with van der Waals surface area (Å²) in [5.74, 6) is 6.31. The lowest BCUT2D eigenvalue weighted by molar-refractivity contribution is 0.142. The van der Waals surface area contributed by atoms with Crippen LogP contribution in [0.25, 0.3) is 0 Å². The number of anilines is 1. The Balaban J connectivity index is 1.31. The summed E-state index contributed by atoms with van der Waals surface area (Å²) in [6.07, 6.45) is 0. The molecule has 4 rings (SSSR count). The Kier molecular flexibility index (Phi) is 6.43. The zero-order valence-electron chi connectivity index (χ0n) is 17.0. The molecule has 152 valence electrons. The van der Waals surface area contributed by atoms with Crippen molar-refractivity contribution in [2.24, 2.45) is 0 Å². The van der Waals surface area contributed by atoms with Crippen molar-refractivity contribution in [2.75, 3.05) is 31.5 Å². The van der Waals surface area contributed by atoms with Gasteiger partial charge < -0.3 is 10.2 Å². The van der Waals surface area contributed by atoms with E-state index in [2.05, 4.69) is 32.4 Å². The van der Waals surface area contributed by atoms with Crippen LogP contribution in [-0.4, -0.2) is 47.0 Å². The van der Waals surface area contributed by atoms with Gasteiger partial charge in [-0.15, -0.1) is 11.3 Å². The van der Waals surface area contributed by atoms with Gasteiger partial charge in [0, 0.05) is 54.9 Å². The summed E-state index contributed by atoms with van der Waals surface area (Å²) < 4.78 is 0. The summed E-state index contributed by atoms with van der Waals surface area (Å²) in [6.45, 7) is 6.00.